The number of hydrogen-bond acceptors (Lipinski definition) is 4. The van der Waals surface area contributed by atoms with Crippen LogP contribution in [0.5, 0.6) is 11.5 Å². The molecule has 5 heteroatoms. The van der Waals surface area contributed by atoms with Crippen molar-refractivity contribution in [2.24, 2.45) is 0 Å². The molecule has 3 aromatic rings. The van der Waals surface area contributed by atoms with Crippen molar-refractivity contribution in [2.45, 2.75) is 13.3 Å². The van der Waals surface area contributed by atoms with Crippen LogP contribution in [-0.4, -0.2) is 13.1 Å². The second kappa shape index (κ2) is 6.60. The molecule has 23 heavy (non-hydrogen) atoms. The first-order valence-corrected chi connectivity index (χ1v) is 8.39. The summed E-state index contributed by atoms with van der Waals surface area (Å²) in [4.78, 5) is 12.8. The number of rotatable bonds is 4. The van der Waals surface area contributed by atoms with E-state index in [2.05, 4.69) is 6.92 Å². The van der Waals surface area contributed by atoms with Gasteiger partial charge in [0, 0.05) is 10.1 Å². The average molecular weight is 347 g/mol. The van der Waals surface area contributed by atoms with E-state index < -0.39 is 5.97 Å². The van der Waals surface area contributed by atoms with Crippen molar-refractivity contribution in [3.05, 3.63) is 57.9 Å². The van der Waals surface area contributed by atoms with Gasteiger partial charge in [-0.1, -0.05) is 30.7 Å². The van der Waals surface area contributed by atoms with E-state index in [1.165, 1.54) is 16.9 Å². The maximum Gasteiger partial charge on any atom is 0.355 e. The van der Waals surface area contributed by atoms with Gasteiger partial charge >= 0.3 is 5.97 Å². The first kappa shape index (κ1) is 15.8. The molecule has 2 aromatic carbocycles. The van der Waals surface area contributed by atoms with Crippen LogP contribution in [-0.2, 0) is 6.42 Å². The molecule has 118 valence electrons. The molecule has 0 amide bonds. The SMILES string of the molecule is CCc1ccc(OC(=O)c2sc3ccc(OC)cc3c2Cl)cc1. The maximum atomic E-state index is 12.4. The monoisotopic (exact) mass is 346 g/mol. The van der Waals surface area contributed by atoms with Gasteiger partial charge < -0.3 is 9.47 Å². The highest BCUT2D eigenvalue weighted by atomic mass is 35.5. The Morgan fingerprint density at radius 3 is 2.48 bits per heavy atom. The smallest absolute Gasteiger partial charge is 0.355 e. The third-order valence-corrected chi connectivity index (χ3v) is 5.22. The van der Waals surface area contributed by atoms with Crippen LogP contribution in [0, 0.1) is 0 Å². The van der Waals surface area contributed by atoms with E-state index in [9.17, 15) is 4.79 Å². The molecule has 0 unspecified atom stereocenters. The van der Waals surface area contributed by atoms with Gasteiger partial charge in [-0.2, -0.15) is 0 Å². The van der Waals surface area contributed by atoms with E-state index in [1.54, 1.807) is 19.2 Å². The number of fused-ring (bicyclic) bond motifs is 1. The second-order valence-corrected chi connectivity index (χ2v) is 6.42. The summed E-state index contributed by atoms with van der Waals surface area (Å²) in [6, 6.07) is 13.0. The average Bonchev–Trinajstić information content (AvgIpc) is 2.92. The van der Waals surface area contributed by atoms with E-state index in [-0.39, 0.29) is 0 Å². The zero-order valence-corrected chi connectivity index (χ0v) is 14.3. The molecule has 3 rings (SSSR count). The fourth-order valence-corrected chi connectivity index (χ4v) is 3.61. The van der Waals surface area contributed by atoms with Crippen molar-refractivity contribution < 1.29 is 14.3 Å². The van der Waals surface area contributed by atoms with Crippen LogP contribution in [0.1, 0.15) is 22.2 Å². The number of benzene rings is 2. The molecule has 3 nitrogen and oxygen atoms in total. The van der Waals surface area contributed by atoms with Crippen molar-refractivity contribution in [1.29, 1.82) is 0 Å². The molecule has 0 spiro atoms. The summed E-state index contributed by atoms with van der Waals surface area (Å²) in [5, 5.41) is 1.20. The Bertz CT molecular complexity index is 853. The predicted octanol–water partition coefficient (Wildman–Crippen LogP) is 5.34. The van der Waals surface area contributed by atoms with Crippen molar-refractivity contribution in [3.63, 3.8) is 0 Å². The van der Waals surface area contributed by atoms with Crippen LogP contribution in [0.4, 0.5) is 0 Å². The number of thiophene rings is 1. The fraction of sp³-hybridized carbons (Fsp3) is 0.167. The molecule has 1 heterocycles. The fourth-order valence-electron chi connectivity index (χ4n) is 2.25. The van der Waals surface area contributed by atoms with Crippen LogP contribution in [0.3, 0.4) is 0 Å². The Balaban J connectivity index is 1.89. The Kier molecular flexibility index (Phi) is 4.55. The van der Waals surface area contributed by atoms with Gasteiger partial charge in [0.1, 0.15) is 16.4 Å². The third-order valence-electron chi connectivity index (χ3n) is 3.56. The molecule has 0 saturated carbocycles. The van der Waals surface area contributed by atoms with Crippen LogP contribution in [0.25, 0.3) is 10.1 Å². The van der Waals surface area contributed by atoms with Crippen LogP contribution in [0.2, 0.25) is 5.02 Å². The van der Waals surface area contributed by atoms with Gasteiger partial charge in [-0.3, -0.25) is 0 Å². The van der Waals surface area contributed by atoms with Gasteiger partial charge in [-0.05, 0) is 42.3 Å². The minimum absolute atomic E-state index is 0.398. The molecule has 0 aliphatic heterocycles. The quantitative estimate of drug-likeness (QED) is 0.472. The topological polar surface area (TPSA) is 35.5 Å². The Morgan fingerprint density at radius 2 is 1.83 bits per heavy atom. The van der Waals surface area contributed by atoms with Crippen molar-refractivity contribution in [3.8, 4) is 11.5 Å². The number of carbonyl (C=O) groups is 1. The van der Waals surface area contributed by atoms with Gasteiger partial charge in [0.05, 0.1) is 12.1 Å². The molecule has 0 N–H and O–H groups in total. The number of ether oxygens (including phenoxy) is 2. The molecule has 1 aromatic heterocycles. The van der Waals surface area contributed by atoms with Crippen molar-refractivity contribution in [1.82, 2.24) is 0 Å². The summed E-state index contributed by atoms with van der Waals surface area (Å²) in [6.45, 7) is 2.08. The number of methoxy groups -OCH3 is 1. The zero-order chi connectivity index (χ0) is 16.4. The summed E-state index contributed by atoms with van der Waals surface area (Å²) in [5.74, 6) is 0.769. The summed E-state index contributed by atoms with van der Waals surface area (Å²) >= 11 is 7.66. The highest BCUT2D eigenvalue weighted by Crippen LogP contribution is 2.37. The predicted molar refractivity (Wildman–Crippen MR) is 94.2 cm³/mol. The highest BCUT2D eigenvalue weighted by molar-refractivity contribution is 7.21. The summed E-state index contributed by atoms with van der Waals surface area (Å²) < 4.78 is 11.5. The first-order valence-electron chi connectivity index (χ1n) is 7.19. The number of halogens is 1. The first-order chi connectivity index (χ1) is 11.1. The Labute approximate surface area is 143 Å². The molecule has 0 bridgehead atoms. The molecule has 0 radical (unpaired) electrons. The maximum absolute atomic E-state index is 12.4. The number of hydrogen-bond donors (Lipinski definition) is 0. The van der Waals surface area contributed by atoms with Gasteiger partial charge in [-0.15, -0.1) is 11.3 Å². The summed E-state index contributed by atoms with van der Waals surface area (Å²) in [7, 11) is 1.59. The van der Waals surface area contributed by atoms with Crippen molar-refractivity contribution in [2.75, 3.05) is 7.11 Å². The van der Waals surface area contributed by atoms with E-state index in [0.717, 1.165) is 16.5 Å². The molecular weight excluding hydrogens is 332 g/mol. The van der Waals surface area contributed by atoms with E-state index in [0.29, 0.717) is 21.4 Å². The molecule has 0 atom stereocenters. The second-order valence-electron chi connectivity index (χ2n) is 4.99. The minimum Gasteiger partial charge on any atom is -0.497 e. The van der Waals surface area contributed by atoms with E-state index >= 15 is 0 Å². The number of esters is 1. The van der Waals surface area contributed by atoms with E-state index in [4.69, 9.17) is 21.1 Å². The lowest BCUT2D eigenvalue weighted by Crippen LogP contribution is -2.06. The van der Waals surface area contributed by atoms with Gasteiger partial charge in [-0.25, -0.2) is 4.79 Å². The lowest BCUT2D eigenvalue weighted by Gasteiger charge is -2.04. The number of carbonyl (C=O) groups excluding carboxylic acids is 1. The zero-order valence-electron chi connectivity index (χ0n) is 12.8. The Hall–Kier alpha value is -2.04. The lowest BCUT2D eigenvalue weighted by molar-refractivity contribution is 0.0740. The minimum atomic E-state index is -0.445. The molecule has 0 aliphatic carbocycles. The van der Waals surface area contributed by atoms with Crippen LogP contribution < -0.4 is 9.47 Å². The van der Waals surface area contributed by atoms with Gasteiger partial charge in [0.25, 0.3) is 0 Å². The normalized spacial score (nSPS) is 10.7. The largest absolute Gasteiger partial charge is 0.497 e. The Morgan fingerprint density at radius 1 is 1.13 bits per heavy atom. The number of aryl methyl sites for hydroxylation is 1. The molecular formula is C18H15ClO3S. The van der Waals surface area contributed by atoms with Crippen LogP contribution >= 0.6 is 22.9 Å². The summed E-state index contributed by atoms with van der Waals surface area (Å²) in [6.07, 6.45) is 0.943. The standard InChI is InChI=1S/C18H15ClO3S/c1-3-11-4-6-12(7-5-11)22-18(20)17-16(19)14-10-13(21-2)8-9-15(14)23-17/h4-10H,3H2,1-2H3. The summed E-state index contributed by atoms with van der Waals surface area (Å²) in [5.41, 5.74) is 1.19. The van der Waals surface area contributed by atoms with Gasteiger partial charge in [0.2, 0.25) is 0 Å². The van der Waals surface area contributed by atoms with Gasteiger partial charge in [0.15, 0.2) is 0 Å². The molecule has 0 saturated heterocycles. The van der Waals surface area contributed by atoms with Crippen LogP contribution in [0.15, 0.2) is 42.5 Å². The molecule has 0 fully saturated rings. The lowest BCUT2D eigenvalue weighted by atomic mass is 10.2. The third kappa shape index (κ3) is 3.19. The van der Waals surface area contributed by atoms with E-state index in [1.807, 2.05) is 30.3 Å². The highest BCUT2D eigenvalue weighted by Gasteiger charge is 2.19. The molecule has 0 aliphatic rings. The van der Waals surface area contributed by atoms with Crippen molar-refractivity contribution >= 4 is 39.0 Å².